The van der Waals surface area contributed by atoms with Gasteiger partial charge in [-0.25, -0.2) is 9.18 Å². The molecule has 1 aromatic heterocycles. The van der Waals surface area contributed by atoms with Crippen LogP contribution in [0.1, 0.15) is 54.6 Å². The number of aromatic nitrogens is 1. The van der Waals surface area contributed by atoms with Crippen molar-refractivity contribution in [2.75, 3.05) is 0 Å². The highest BCUT2D eigenvalue weighted by atomic mass is 35.5. The van der Waals surface area contributed by atoms with Gasteiger partial charge in [-0.1, -0.05) is 34.4 Å². The molecule has 0 radical (unpaired) electrons. The first-order valence-corrected chi connectivity index (χ1v) is 10.3. The number of hydrogen-bond donors (Lipinski definition) is 1. The van der Waals surface area contributed by atoms with Gasteiger partial charge < -0.3 is 14.6 Å². The number of esters is 1. The summed E-state index contributed by atoms with van der Waals surface area (Å²) in [5, 5.41) is 8.10. The lowest BCUT2D eigenvalue weighted by atomic mass is 10.0. The van der Waals surface area contributed by atoms with Crippen LogP contribution in [0.15, 0.2) is 22.7 Å². The van der Waals surface area contributed by atoms with Crippen LogP contribution in [0.25, 0.3) is 11.3 Å². The Hall–Kier alpha value is -1.63. The Labute approximate surface area is 171 Å². The van der Waals surface area contributed by atoms with Gasteiger partial charge >= 0.3 is 5.97 Å². The number of nitrogens with zero attached hydrogens (tertiary/aromatic N) is 1. The zero-order valence-electron chi connectivity index (χ0n) is 15.0. The van der Waals surface area contributed by atoms with Crippen molar-refractivity contribution in [1.29, 1.82) is 0 Å². The number of alkyl halides is 1. The summed E-state index contributed by atoms with van der Waals surface area (Å²) in [6, 6.07) is 5.70. The third-order valence-electron chi connectivity index (χ3n) is 5.90. The Balaban J connectivity index is 1.52. The Kier molecular flexibility index (Phi) is 4.41. The number of hydrogen-bond acceptors (Lipinski definition) is 5. The molecule has 3 atom stereocenters. The average Bonchev–Trinajstić information content (AvgIpc) is 3.09. The number of halogens is 3. The Bertz CT molecular complexity index is 911. The molecule has 1 saturated carbocycles. The molecule has 28 heavy (non-hydrogen) atoms. The van der Waals surface area contributed by atoms with Gasteiger partial charge in [0.25, 0.3) is 0 Å². The molecule has 3 aliphatic rings. The van der Waals surface area contributed by atoms with Crippen LogP contribution < -0.4 is 5.32 Å². The maximum absolute atomic E-state index is 14.9. The summed E-state index contributed by atoms with van der Waals surface area (Å²) < 4.78 is 26.0. The average molecular weight is 425 g/mol. The van der Waals surface area contributed by atoms with Gasteiger partial charge in [0.1, 0.15) is 17.4 Å². The van der Waals surface area contributed by atoms with Gasteiger partial charge in [-0.2, -0.15) is 0 Å². The molecule has 1 aromatic carbocycles. The number of carbonyl (C=O) groups is 1. The molecule has 3 heterocycles. The minimum atomic E-state index is -1.68. The number of nitrogens with one attached hydrogen (secondary N) is 1. The summed E-state index contributed by atoms with van der Waals surface area (Å²) in [6.07, 6.45) is 4.05. The van der Waals surface area contributed by atoms with Gasteiger partial charge in [0.15, 0.2) is 11.4 Å². The fourth-order valence-corrected chi connectivity index (χ4v) is 4.90. The topological polar surface area (TPSA) is 64.4 Å². The number of fused-ring (bicyclic) bond motifs is 2. The molecule has 8 heteroatoms. The van der Waals surface area contributed by atoms with E-state index in [0.29, 0.717) is 27.7 Å². The van der Waals surface area contributed by atoms with Crippen LogP contribution in [0.5, 0.6) is 0 Å². The van der Waals surface area contributed by atoms with E-state index >= 15 is 0 Å². The Morgan fingerprint density at radius 3 is 2.46 bits per heavy atom. The molecule has 2 bridgehead atoms. The molecule has 1 unspecified atom stereocenters. The van der Waals surface area contributed by atoms with Gasteiger partial charge in [-0.05, 0) is 50.7 Å². The summed E-state index contributed by atoms with van der Waals surface area (Å²) in [7, 11) is 0. The second-order valence-electron chi connectivity index (χ2n) is 7.93. The van der Waals surface area contributed by atoms with Crippen LogP contribution >= 0.6 is 23.2 Å². The van der Waals surface area contributed by atoms with E-state index in [0.717, 1.165) is 25.7 Å². The van der Waals surface area contributed by atoms with Gasteiger partial charge in [0.2, 0.25) is 0 Å². The lowest BCUT2D eigenvalue weighted by Gasteiger charge is -2.28. The van der Waals surface area contributed by atoms with Crippen molar-refractivity contribution in [3.63, 3.8) is 0 Å². The fraction of sp³-hybridized carbons (Fsp3) is 0.500. The number of rotatable bonds is 4. The molecule has 0 spiro atoms. The molecule has 0 amide bonds. The summed E-state index contributed by atoms with van der Waals surface area (Å²) in [4.78, 5) is 13.1. The standard InChI is InChI=1S/C20H19Cl2FN2O3/c21-13-2-1-3-14(22)15(13)17-16(18(28-25-17)20(23)6-7-20)19(26)27-12-8-10-4-5-11(9-12)24-10/h1-3,10-12,24H,4-9H2/t10-,11?,12+/m1/s1. The summed E-state index contributed by atoms with van der Waals surface area (Å²) in [6.45, 7) is 0. The predicted molar refractivity (Wildman–Crippen MR) is 102 cm³/mol. The SMILES string of the molecule is O=C(O[C@@H]1CC2CC[C@H](C1)N2)c1c(-c2c(Cl)cccc2Cl)noc1C1(F)CC1. The zero-order valence-corrected chi connectivity index (χ0v) is 16.5. The molecule has 5 rings (SSSR count). The lowest BCUT2D eigenvalue weighted by molar-refractivity contribution is 0.0172. The largest absolute Gasteiger partial charge is 0.459 e. The van der Waals surface area contributed by atoms with E-state index in [-0.39, 0.29) is 36.0 Å². The van der Waals surface area contributed by atoms with Crippen LogP contribution in [0.2, 0.25) is 10.0 Å². The monoisotopic (exact) mass is 424 g/mol. The van der Waals surface area contributed by atoms with Crippen molar-refractivity contribution in [1.82, 2.24) is 10.5 Å². The van der Waals surface area contributed by atoms with Crippen LogP contribution in [-0.2, 0) is 10.4 Å². The highest BCUT2D eigenvalue weighted by molar-refractivity contribution is 6.39. The third-order valence-corrected chi connectivity index (χ3v) is 6.53. The van der Waals surface area contributed by atoms with Gasteiger partial charge in [0.05, 0.1) is 10.0 Å². The smallest absolute Gasteiger partial charge is 0.344 e. The minimum Gasteiger partial charge on any atom is -0.459 e. The number of benzene rings is 1. The fourth-order valence-electron chi connectivity index (χ4n) is 4.33. The molecular weight excluding hydrogens is 406 g/mol. The molecule has 1 aliphatic carbocycles. The summed E-state index contributed by atoms with van der Waals surface area (Å²) in [5.74, 6) is -0.710. The molecule has 2 aliphatic heterocycles. The van der Waals surface area contributed by atoms with Crippen LogP contribution in [-0.4, -0.2) is 29.3 Å². The minimum absolute atomic E-state index is 0.000814. The molecular formula is C20H19Cl2FN2O3. The quantitative estimate of drug-likeness (QED) is 0.695. The molecule has 2 aromatic rings. The Morgan fingerprint density at radius 1 is 1.21 bits per heavy atom. The van der Waals surface area contributed by atoms with Crippen LogP contribution in [0.3, 0.4) is 0 Å². The van der Waals surface area contributed by atoms with E-state index in [2.05, 4.69) is 10.5 Å². The number of piperidine rings is 1. The Morgan fingerprint density at radius 2 is 1.86 bits per heavy atom. The summed E-state index contributed by atoms with van der Waals surface area (Å²) >= 11 is 12.6. The second-order valence-corrected chi connectivity index (χ2v) is 8.75. The first-order valence-electron chi connectivity index (χ1n) is 9.55. The van der Waals surface area contributed by atoms with Gasteiger partial charge in [-0.15, -0.1) is 0 Å². The molecule has 2 saturated heterocycles. The van der Waals surface area contributed by atoms with Crippen molar-refractivity contribution in [2.24, 2.45) is 0 Å². The number of ether oxygens (including phenoxy) is 1. The van der Waals surface area contributed by atoms with E-state index in [4.69, 9.17) is 32.5 Å². The predicted octanol–water partition coefficient (Wildman–Crippen LogP) is 5.05. The van der Waals surface area contributed by atoms with Gasteiger partial charge in [-0.3, -0.25) is 0 Å². The van der Waals surface area contributed by atoms with Crippen LogP contribution in [0, 0.1) is 0 Å². The van der Waals surface area contributed by atoms with Crippen molar-refractivity contribution in [3.8, 4) is 11.3 Å². The highest BCUT2D eigenvalue weighted by Crippen LogP contribution is 2.53. The first-order chi connectivity index (χ1) is 13.4. The van der Waals surface area contributed by atoms with E-state index in [1.807, 2.05) is 0 Å². The van der Waals surface area contributed by atoms with Crippen LogP contribution in [0.4, 0.5) is 4.39 Å². The highest BCUT2D eigenvalue weighted by Gasteiger charge is 2.53. The molecule has 1 N–H and O–H groups in total. The lowest BCUT2D eigenvalue weighted by Crippen LogP contribution is -2.42. The van der Waals surface area contributed by atoms with Crippen molar-refractivity contribution in [3.05, 3.63) is 39.6 Å². The molecule has 148 valence electrons. The zero-order chi connectivity index (χ0) is 19.5. The normalized spacial score (nSPS) is 27.6. The summed E-state index contributed by atoms with van der Waals surface area (Å²) in [5.41, 5.74) is -1.19. The van der Waals surface area contributed by atoms with Gasteiger partial charge in [0, 0.05) is 17.6 Å². The maximum atomic E-state index is 14.9. The first kappa shape index (κ1) is 18.4. The van der Waals surface area contributed by atoms with Crippen molar-refractivity contribution < 1.29 is 18.4 Å². The van der Waals surface area contributed by atoms with E-state index < -0.39 is 11.6 Å². The van der Waals surface area contributed by atoms with Crippen molar-refractivity contribution in [2.45, 2.75) is 62.4 Å². The third kappa shape index (κ3) is 3.11. The van der Waals surface area contributed by atoms with E-state index in [1.54, 1.807) is 18.2 Å². The molecule has 3 fully saturated rings. The van der Waals surface area contributed by atoms with E-state index in [9.17, 15) is 9.18 Å². The van der Waals surface area contributed by atoms with E-state index in [1.165, 1.54) is 0 Å². The maximum Gasteiger partial charge on any atom is 0.344 e. The number of carbonyl (C=O) groups excluding carboxylic acids is 1. The second kappa shape index (κ2) is 6.71. The van der Waals surface area contributed by atoms with Crippen molar-refractivity contribution >= 4 is 29.2 Å². The molecule has 5 nitrogen and oxygen atoms in total.